The molecule has 2 rings (SSSR count). The van der Waals surface area contributed by atoms with Gasteiger partial charge in [0.25, 0.3) is 0 Å². The average Bonchev–Trinajstić information content (AvgIpc) is 2.61. The van der Waals surface area contributed by atoms with Gasteiger partial charge in [-0.1, -0.05) is 35.3 Å². The maximum absolute atomic E-state index is 11.9. The van der Waals surface area contributed by atoms with Crippen molar-refractivity contribution in [3.63, 3.8) is 0 Å². The summed E-state index contributed by atoms with van der Waals surface area (Å²) in [5.74, 6) is 1.16. The van der Waals surface area contributed by atoms with Crippen molar-refractivity contribution in [3.05, 3.63) is 57.6 Å². The number of hydrogen-bond acceptors (Lipinski definition) is 3. The third-order valence-corrected chi connectivity index (χ3v) is 5.66. The van der Waals surface area contributed by atoms with Gasteiger partial charge in [0.1, 0.15) is 0 Å². The van der Waals surface area contributed by atoms with Crippen LogP contribution in [0.15, 0.2) is 36.4 Å². The third kappa shape index (κ3) is 7.45. The summed E-state index contributed by atoms with van der Waals surface area (Å²) < 4.78 is 0. The first-order chi connectivity index (χ1) is 12.8. The second kappa shape index (κ2) is 10.6. The van der Waals surface area contributed by atoms with Crippen molar-refractivity contribution in [2.45, 2.75) is 26.7 Å². The maximum atomic E-state index is 11.9. The first-order valence-corrected chi connectivity index (χ1v) is 10.5. The summed E-state index contributed by atoms with van der Waals surface area (Å²) >= 11 is 13.7. The smallest absolute Gasteiger partial charge is 0.225 e. The van der Waals surface area contributed by atoms with Gasteiger partial charge in [0.2, 0.25) is 11.8 Å². The lowest BCUT2D eigenvalue weighted by atomic mass is 10.2. The molecule has 4 nitrogen and oxygen atoms in total. The molecular weight excluding hydrogens is 403 g/mol. The summed E-state index contributed by atoms with van der Waals surface area (Å²) in [6, 6.07) is 10.9. The van der Waals surface area contributed by atoms with E-state index in [0.29, 0.717) is 45.8 Å². The molecule has 0 atom stereocenters. The van der Waals surface area contributed by atoms with Crippen LogP contribution in [0, 0.1) is 13.8 Å². The van der Waals surface area contributed by atoms with Crippen molar-refractivity contribution in [3.8, 4) is 0 Å². The molecule has 144 valence electrons. The van der Waals surface area contributed by atoms with Crippen molar-refractivity contribution < 1.29 is 9.59 Å². The lowest BCUT2D eigenvalue weighted by molar-refractivity contribution is -0.116. The van der Waals surface area contributed by atoms with E-state index in [4.69, 9.17) is 23.2 Å². The second-order valence-corrected chi connectivity index (χ2v) is 8.18. The van der Waals surface area contributed by atoms with Crippen molar-refractivity contribution in [2.75, 3.05) is 22.1 Å². The predicted molar refractivity (Wildman–Crippen MR) is 116 cm³/mol. The molecule has 0 aliphatic carbocycles. The predicted octanol–water partition coefficient (Wildman–Crippen LogP) is 5.70. The molecule has 27 heavy (non-hydrogen) atoms. The number of nitrogens with one attached hydrogen (secondary N) is 2. The SMILES string of the molecule is Cc1ccc(NC(=O)CCSCCC(=O)Nc2ccc(C)c(Cl)c2)cc1Cl. The Morgan fingerprint density at radius 2 is 1.22 bits per heavy atom. The monoisotopic (exact) mass is 424 g/mol. The molecule has 0 saturated heterocycles. The molecule has 0 aliphatic rings. The molecule has 0 aliphatic heterocycles. The standard InChI is InChI=1S/C20H22Cl2N2O2S/c1-13-3-5-15(11-17(13)21)23-19(25)7-9-27-10-8-20(26)24-16-6-4-14(2)18(22)12-16/h3-6,11-12H,7-10H2,1-2H3,(H,23,25)(H,24,26). The zero-order valence-electron chi connectivity index (χ0n) is 15.3. The lowest BCUT2D eigenvalue weighted by Gasteiger charge is -2.08. The highest BCUT2D eigenvalue weighted by molar-refractivity contribution is 7.99. The number of hydrogen-bond donors (Lipinski definition) is 2. The van der Waals surface area contributed by atoms with Crippen LogP contribution in [0.2, 0.25) is 10.0 Å². The van der Waals surface area contributed by atoms with Crippen molar-refractivity contribution >= 4 is 58.2 Å². The Morgan fingerprint density at radius 1 is 0.815 bits per heavy atom. The number of aryl methyl sites for hydroxylation is 2. The van der Waals surface area contributed by atoms with Gasteiger partial charge in [-0.25, -0.2) is 0 Å². The summed E-state index contributed by atoms with van der Waals surface area (Å²) in [6.07, 6.45) is 0.761. The van der Waals surface area contributed by atoms with E-state index in [2.05, 4.69) is 10.6 Å². The molecule has 0 unspecified atom stereocenters. The van der Waals surface area contributed by atoms with Crippen LogP contribution in [0.1, 0.15) is 24.0 Å². The van der Waals surface area contributed by atoms with Crippen LogP contribution in [0.4, 0.5) is 11.4 Å². The van der Waals surface area contributed by atoms with E-state index in [1.807, 2.05) is 38.1 Å². The Bertz CT molecular complexity index is 760. The van der Waals surface area contributed by atoms with Crippen molar-refractivity contribution in [1.82, 2.24) is 0 Å². The molecule has 0 radical (unpaired) electrons. The Labute approximate surface area is 174 Å². The van der Waals surface area contributed by atoms with E-state index in [1.165, 1.54) is 0 Å². The average molecular weight is 425 g/mol. The zero-order chi connectivity index (χ0) is 19.8. The Morgan fingerprint density at radius 3 is 1.59 bits per heavy atom. The molecular formula is C20H22Cl2N2O2S. The van der Waals surface area contributed by atoms with Gasteiger partial charge in [0.15, 0.2) is 0 Å². The van der Waals surface area contributed by atoms with E-state index in [1.54, 1.807) is 23.9 Å². The van der Waals surface area contributed by atoms with E-state index in [-0.39, 0.29) is 11.8 Å². The number of thioether (sulfide) groups is 1. The number of amides is 2. The highest BCUT2D eigenvalue weighted by atomic mass is 35.5. The molecule has 2 aromatic carbocycles. The van der Waals surface area contributed by atoms with Crippen LogP contribution < -0.4 is 10.6 Å². The molecule has 0 bridgehead atoms. The third-order valence-electron chi connectivity index (χ3n) is 3.86. The molecule has 0 aromatic heterocycles. The summed E-state index contributed by atoms with van der Waals surface area (Å²) in [4.78, 5) is 23.9. The van der Waals surface area contributed by atoms with Gasteiger partial charge in [-0.05, 0) is 49.2 Å². The fourth-order valence-electron chi connectivity index (χ4n) is 2.22. The summed E-state index contributed by atoms with van der Waals surface area (Å²) in [5.41, 5.74) is 3.32. The maximum Gasteiger partial charge on any atom is 0.225 e. The topological polar surface area (TPSA) is 58.2 Å². The number of halogens is 2. The largest absolute Gasteiger partial charge is 0.326 e. The highest BCUT2D eigenvalue weighted by Gasteiger charge is 2.06. The van der Waals surface area contributed by atoms with Crippen LogP contribution in [0.25, 0.3) is 0 Å². The molecule has 2 N–H and O–H groups in total. The quantitative estimate of drug-likeness (QED) is 0.534. The number of rotatable bonds is 8. The number of anilines is 2. The highest BCUT2D eigenvalue weighted by Crippen LogP contribution is 2.21. The Hall–Kier alpha value is -1.69. The molecule has 7 heteroatoms. The minimum absolute atomic E-state index is 0.0684. The van der Waals surface area contributed by atoms with Gasteiger partial charge in [0, 0.05) is 45.8 Å². The summed E-state index contributed by atoms with van der Waals surface area (Å²) in [6.45, 7) is 3.82. The normalized spacial score (nSPS) is 10.5. The zero-order valence-corrected chi connectivity index (χ0v) is 17.6. The number of carbonyl (C=O) groups excluding carboxylic acids is 2. The van der Waals surface area contributed by atoms with Gasteiger partial charge in [-0.3, -0.25) is 9.59 Å². The lowest BCUT2D eigenvalue weighted by Crippen LogP contribution is -2.14. The molecule has 0 saturated carbocycles. The van der Waals surface area contributed by atoms with Crippen molar-refractivity contribution in [2.24, 2.45) is 0 Å². The summed E-state index contributed by atoms with van der Waals surface area (Å²) in [7, 11) is 0. The fraction of sp³-hybridized carbons (Fsp3) is 0.300. The minimum Gasteiger partial charge on any atom is -0.326 e. The van der Waals surface area contributed by atoms with E-state index in [9.17, 15) is 9.59 Å². The van der Waals surface area contributed by atoms with Crippen LogP contribution in [0.5, 0.6) is 0 Å². The van der Waals surface area contributed by atoms with Crippen LogP contribution >= 0.6 is 35.0 Å². The van der Waals surface area contributed by atoms with Crippen LogP contribution in [-0.4, -0.2) is 23.3 Å². The van der Waals surface area contributed by atoms with Gasteiger partial charge in [0.05, 0.1) is 0 Å². The first-order valence-electron chi connectivity index (χ1n) is 8.55. The first kappa shape index (κ1) is 21.6. The molecule has 0 spiro atoms. The number of carbonyl (C=O) groups is 2. The van der Waals surface area contributed by atoms with Crippen LogP contribution in [0.3, 0.4) is 0 Å². The van der Waals surface area contributed by atoms with Crippen molar-refractivity contribution in [1.29, 1.82) is 0 Å². The summed E-state index contributed by atoms with van der Waals surface area (Å²) in [5, 5.41) is 6.90. The fourth-order valence-corrected chi connectivity index (χ4v) is 3.44. The number of benzene rings is 2. The van der Waals surface area contributed by atoms with Gasteiger partial charge in [-0.2, -0.15) is 11.8 Å². The molecule has 0 fully saturated rings. The Kier molecular flexibility index (Phi) is 8.48. The van der Waals surface area contributed by atoms with Gasteiger partial charge >= 0.3 is 0 Å². The van der Waals surface area contributed by atoms with Gasteiger partial charge < -0.3 is 10.6 Å². The molecule has 2 aromatic rings. The minimum atomic E-state index is -0.0684. The van der Waals surface area contributed by atoms with E-state index < -0.39 is 0 Å². The van der Waals surface area contributed by atoms with E-state index in [0.717, 1.165) is 11.1 Å². The molecule has 0 heterocycles. The second-order valence-electron chi connectivity index (χ2n) is 6.14. The van der Waals surface area contributed by atoms with E-state index >= 15 is 0 Å². The molecule has 2 amide bonds. The Balaban J connectivity index is 1.63. The van der Waals surface area contributed by atoms with Crippen LogP contribution in [-0.2, 0) is 9.59 Å². The van der Waals surface area contributed by atoms with Gasteiger partial charge in [-0.15, -0.1) is 0 Å².